The normalized spacial score (nSPS) is 19.8. The zero-order chi connectivity index (χ0) is 15.1. The predicted octanol–water partition coefficient (Wildman–Crippen LogP) is 1.95. The number of nitrogens with one attached hydrogen (secondary N) is 2. The molecule has 1 aliphatic rings. The lowest BCUT2D eigenvalue weighted by atomic mass is 10.2. The van der Waals surface area contributed by atoms with E-state index in [4.69, 9.17) is 4.52 Å². The molecule has 4 rings (SSSR count). The lowest BCUT2D eigenvalue weighted by molar-refractivity contribution is 0.190. The molecule has 0 amide bonds. The van der Waals surface area contributed by atoms with E-state index < -0.39 is 0 Å². The summed E-state index contributed by atoms with van der Waals surface area (Å²) >= 11 is 3.48. The van der Waals surface area contributed by atoms with Gasteiger partial charge in [0, 0.05) is 29.5 Å². The molecule has 1 unspecified atom stereocenters. The van der Waals surface area contributed by atoms with Crippen molar-refractivity contribution in [1.29, 1.82) is 0 Å². The zero-order valence-corrected chi connectivity index (χ0v) is 13.6. The molecule has 1 fully saturated rings. The van der Waals surface area contributed by atoms with Crippen molar-refractivity contribution in [1.82, 2.24) is 30.6 Å². The molecule has 1 saturated heterocycles. The zero-order valence-electron chi connectivity index (χ0n) is 12.0. The van der Waals surface area contributed by atoms with Gasteiger partial charge >= 0.3 is 0 Å². The quantitative estimate of drug-likeness (QED) is 0.724. The van der Waals surface area contributed by atoms with E-state index >= 15 is 0 Å². The summed E-state index contributed by atoms with van der Waals surface area (Å²) in [7, 11) is 2.07. The Hall–Kier alpha value is -1.77. The Morgan fingerprint density at radius 1 is 1.41 bits per heavy atom. The molecule has 1 aliphatic heterocycles. The maximum Gasteiger partial charge on any atom is 0.279 e. The molecule has 8 heteroatoms. The van der Waals surface area contributed by atoms with Crippen LogP contribution < -0.4 is 5.32 Å². The van der Waals surface area contributed by atoms with Gasteiger partial charge in [-0.3, -0.25) is 10.00 Å². The molecule has 0 radical (unpaired) electrons. The van der Waals surface area contributed by atoms with Crippen LogP contribution in [0.5, 0.6) is 0 Å². The van der Waals surface area contributed by atoms with Gasteiger partial charge in [-0.25, -0.2) is 0 Å². The summed E-state index contributed by atoms with van der Waals surface area (Å²) in [5.41, 5.74) is 1.62. The van der Waals surface area contributed by atoms with Gasteiger partial charge < -0.3 is 9.84 Å². The monoisotopic (exact) mass is 362 g/mol. The van der Waals surface area contributed by atoms with Crippen molar-refractivity contribution >= 4 is 26.8 Å². The van der Waals surface area contributed by atoms with Crippen LogP contribution in [0.1, 0.15) is 11.9 Å². The van der Waals surface area contributed by atoms with Crippen LogP contribution in [-0.2, 0) is 0 Å². The molecule has 2 N–H and O–H groups in total. The highest BCUT2D eigenvalue weighted by Crippen LogP contribution is 2.28. The molecular weight excluding hydrogens is 348 g/mol. The van der Waals surface area contributed by atoms with Crippen LogP contribution in [0, 0.1) is 0 Å². The van der Waals surface area contributed by atoms with E-state index in [2.05, 4.69) is 53.5 Å². The molecule has 1 atom stereocenters. The first-order valence-electron chi connectivity index (χ1n) is 7.11. The highest BCUT2D eigenvalue weighted by molar-refractivity contribution is 9.10. The molecule has 3 aromatic rings. The fraction of sp³-hybridized carbons (Fsp3) is 0.357. The highest BCUT2D eigenvalue weighted by atomic mass is 79.9. The molecule has 2 aromatic heterocycles. The number of benzene rings is 1. The number of hydrogen-bond donors (Lipinski definition) is 2. The Labute approximate surface area is 135 Å². The standard InChI is InChI=1S/C14H15BrN6O/c1-21-5-4-16-7-11(21)13-17-14(22-20-13)12-9-6-8(15)2-3-10(9)18-19-12/h2-3,6,11,16H,4-5,7H2,1H3,(H,18,19). The van der Waals surface area contributed by atoms with Gasteiger partial charge in [0.15, 0.2) is 11.5 Å². The van der Waals surface area contributed by atoms with E-state index in [1.165, 1.54) is 0 Å². The Morgan fingerprint density at radius 3 is 3.18 bits per heavy atom. The van der Waals surface area contributed by atoms with Gasteiger partial charge in [-0.1, -0.05) is 21.1 Å². The molecular formula is C14H15BrN6O. The fourth-order valence-corrected chi connectivity index (χ4v) is 3.07. The van der Waals surface area contributed by atoms with Crippen molar-refractivity contribution in [2.75, 3.05) is 26.7 Å². The number of halogens is 1. The van der Waals surface area contributed by atoms with Gasteiger partial charge in [0.25, 0.3) is 5.89 Å². The van der Waals surface area contributed by atoms with Crippen LogP contribution in [0.25, 0.3) is 22.5 Å². The second-order valence-corrected chi connectivity index (χ2v) is 6.34. The average Bonchev–Trinajstić information content (AvgIpc) is 3.13. The minimum absolute atomic E-state index is 0.128. The Morgan fingerprint density at radius 2 is 2.32 bits per heavy atom. The van der Waals surface area contributed by atoms with Crippen molar-refractivity contribution in [3.05, 3.63) is 28.5 Å². The summed E-state index contributed by atoms with van der Waals surface area (Å²) in [6, 6.07) is 6.05. The molecule has 22 heavy (non-hydrogen) atoms. The number of piperazine rings is 1. The Kier molecular flexibility index (Phi) is 3.44. The van der Waals surface area contributed by atoms with Crippen molar-refractivity contribution in [2.24, 2.45) is 0 Å². The van der Waals surface area contributed by atoms with E-state index in [1.807, 2.05) is 18.2 Å². The van der Waals surface area contributed by atoms with Crippen LogP contribution in [0.3, 0.4) is 0 Å². The maximum absolute atomic E-state index is 5.45. The number of H-pyrrole nitrogens is 1. The lowest BCUT2D eigenvalue weighted by Gasteiger charge is -2.30. The number of hydrogen-bond acceptors (Lipinski definition) is 6. The lowest BCUT2D eigenvalue weighted by Crippen LogP contribution is -2.44. The van der Waals surface area contributed by atoms with Crippen LogP contribution in [0.4, 0.5) is 0 Å². The molecule has 3 heterocycles. The topological polar surface area (TPSA) is 82.9 Å². The van der Waals surface area contributed by atoms with Gasteiger partial charge in [-0.05, 0) is 25.2 Å². The molecule has 0 aliphatic carbocycles. The summed E-state index contributed by atoms with van der Waals surface area (Å²) in [6.07, 6.45) is 0. The van der Waals surface area contributed by atoms with Crippen LogP contribution in [0.15, 0.2) is 27.2 Å². The van der Waals surface area contributed by atoms with Crippen molar-refractivity contribution < 1.29 is 4.52 Å². The number of nitrogens with zero attached hydrogens (tertiary/aromatic N) is 4. The van der Waals surface area contributed by atoms with E-state index in [1.54, 1.807) is 0 Å². The number of likely N-dealkylation sites (N-methyl/N-ethyl adjacent to an activating group) is 1. The van der Waals surface area contributed by atoms with E-state index in [9.17, 15) is 0 Å². The highest BCUT2D eigenvalue weighted by Gasteiger charge is 2.26. The minimum atomic E-state index is 0.128. The summed E-state index contributed by atoms with van der Waals surface area (Å²) in [5, 5.41) is 15.8. The van der Waals surface area contributed by atoms with Gasteiger partial charge in [0.1, 0.15) is 0 Å². The summed E-state index contributed by atoms with van der Waals surface area (Å²) < 4.78 is 6.43. The number of rotatable bonds is 2. The van der Waals surface area contributed by atoms with E-state index in [-0.39, 0.29) is 6.04 Å². The van der Waals surface area contributed by atoms with Crippen molar-refractivity contribution in [3.8, 4) is 11.6 Å². The van der Waals surface area contributed by atoms with Crippen LogP contribution in [-0.4, -0.2) is 51.9 Å². The Bertz CT molecular complexity index is 813. The third kappa shape index (κ3) is 2.33. The number of aromatic amines is 1. The molecule has 0 spiro atoms. The molecule has 0 bridgehead atoms. The van der Waals surface area contributed by atoms with Gasteiger partial charge in [0.2, 0.25) is 0 Å². The second-order valence-electron chi connectivity index (χ2n) is 5.42. The minimum Gasteiger partial charge on any atom is -0.332 e. The predicted molar refractivity (Wildman–Crippen MR) is 85.3 cm³/mol. The van der Waals surface area contributed by atoms with Gasteiger partial charge in [-0.15, -0.1) is 0 Å². The number of aromatic nitrogens is 4. The van der Waals surface area contributed by atoms with Crippen molar-refractivity contribution in [2.45, 2.75) is 6.04 Å². The summed E-state index contributed by atoms with van der Waals surface area (Å²) in [6.45, 7) is 2.77. The molecule has 114 valence electrons. The summed E-state index contributed by atoms with van der Waals surface area (Å²) in [4.78, 5) is 6.78. The SMILES string of the molecule is CN1CCNCC1c1noc(-c2n[nH]c3ccc(Br)cc23)n1. The van der Waals surface area contributed by atoms with Gasteiger partial charge in [0.05, 0.1) is 11.6 Å². The van der Waals surface area contributed by atoms with Crippen molar-refractivity contribution in [3.63, 3.8) is 0 Å². The summed E-state index contributed by atoms with van der Waals surface area (Å²) in [5.74, 6) is 1.13. The van der Waals surface area contributed by atoms with Crippen LogP contribution >= 0.6 is 15.9 Å². The van der Waals surface area contributed by atoms with Gasteiger partial charge in [-0.2, -0.15) is 10.1 Å². The average molecular weight is 363 g/mol. The fourth-order valence-electron chi connectivity index (χ4n) is 2.71. The maximum atomic E-state index is 5.45. The largest absolute Gasteiger partial charge is 0.332 e. The number of fused-ring (bicyclic) bond motifs is 1. The molecule has 1 aromatic carbocycles. The van der Waals surface area contributed by atoms with Crippen LogP contribution in [0.2, 0.25) is 0 Å². The third-order valence-corrected chi connectivity index (χ3v) is 4.47. The molecule has 7 nitrogen and oxygen atoms in total. The molecule has 0 saturated carbocycles. The third-order valence-electron chi connectivity index (χ3n) is 3.98. The van der Waals surface area contributed by atoms with E-state index in [0.29, 0.717) is 17.4 Å². The smallest absolute Gasteiger partial charge is 0.279 e. The van der Waals surface area contributed by atoms with E-state index in [0.717, 1.165) is 35.0 Å². The first-order valence-corrected chi connectivity index (χ1v) is 7.90. The first-order chi connectivity index (χ1) is 10.7. The first kappa shape index (κ1) is 13.9. The second kappa shape index (κ2) is 5.45. The Balaban J connectivity index is 1.72.